The summed E-state index contributed by atoms with van der Waals surface area (Å²) < 4.78 is 51.4. The smallest absolute Gasteiger partial charge is 0.416 e. The fourth-order valence-corrected chi connectivity index (χ4v) is 6.89. The van der Waals surface area contributed by atoms with Crippen molar-refractivity contribution in [1.82, 2.24) is 25.1 Å². The number of carbonyl (C=O) groups is 1. The predicted octanol–water partition coefficient (Wildman–Crippen LogP) is 6.66. The number of aryl methyl sites for hydroxylation is 1. The SMILES string of the molecule is Cn1cnnc1CC1(c2cc(OCc3ccccc3)nc(N3Cc4c(cc(CNC5(C)CCC5)cc4C(F)(F)F)C3=O)c2)CCC1. The molecule has 1 aliphatic heterocycles. The van der Waals surface area contributed by atoms with Gasteiger partial charge >= 0.3 is 6.18 Å². The highest BCUT2D eigenvalue weighted by molar-refractivity contribution is 6.10. The number of fused-ring (bicyclic) bond motifs is 1. The summed E-state index contributed by atoms with van der Waals surface area (Å²) in [6.07, 6.45) is 3.55. The third kappa shape index (κ3) is 5.77. The fraction of sp³-hybridized carbons (Fsp3) is 0.429. The molecule has 3 aliphatic rings. The lowest BCUT2D eigenvalue weighted by Crippen LogP contribution is -2.47. The Labute approximate surface area is 266 Å². The highest BCUT2D eigenvalue weighted by Gasteiger charge is 2.44. The van der Waals surface area contributed by atoms with E-state index in [1.54, 1.807) is 12.4 Å². The van der Waals surface area contributed by atoms with Crippen molar-refractivity contribution in [3.05, 3.63) is 100 Å². The third-order valence-electron chi connectivity index (χ3n) is 10.1. The van der Waals surface area contributed by atoms with E-state index in [1.807, 2.05) is 54.1 Å². The first kappa shape index (κ1) is 30.4. The zero-order chi connectivity index (χ0) is 32.1. The second-order valence-corrected chi connectivity index (χ2v) is 13.3. The molecule has 0 bridgehead atoms. The number of pyridine rings is 1. The second kappa shape index (κ2) is 11.5. The van der Waals surface area contributed by atoms with Crippen LogP contribution in [0.25, 0.3) is 0 Å². The number of benzene rings is 2. The van der Waals surface area contributed by atoms with Gasteiger partial charge in [0, 0.05) is 42.6 Å². The summed E-state index contributed by atoms with van der Waals surface area (Å²) in [4.78, 5) is 20.0. The van der Waals surface area contributed by atoms with Crippen LogP contribution in [0.4, 0.5) is 19.0 Å². The van der Waals surface area contributed by atoms with Gasteiger partial charge in [0.1, 0.15) is 24.6 Å². The number of nitrogens with zero attached hydrogens (tertiary/aromatic N) is 5. The fourth-order valence-electron chi connectivity index (χ4n) is 6.89. The van der Waals surface area contributed by atoms with E-state index in [-0.39, 0.29) is 47.6 Å². The molecule has 2 fully saturated rings. The van der Waals surface area contributed by atoms with Crippen molar-refractivity contribution < 1.29 is 22.7 Å². The number of carbonyl (C=O) groups excluding carboxylic acids is 1. The molecule has 2 aromatic carbocycles. The second-order valence-electron chi connectivity index (χ2n) is 13.3. The Bertz CT molecular complexity index is 1760. The van der Waals surface area contributed by atoms with Crippen molar-refractivity contribution in [3.8, 4) is 5.88 Å². The summed E-state index contributed by atoms with van der Waals surface area (Å²) in [5.74, 6) is 0.938. The van der Waals surface area contributed by atoms with Crippen LogP contribution in [0.15, 0.2) is 60.9 Å². The molecule has 2 saturated carbocycles. The zero-order valence-electron chi connectivity index (χ0n) is 26.0. The summed E-state index contributed by atoms with van der Waals surface area (Å²) in [5, 5.41) is 11.8. The van der Waals surface area contributed by atoms with Crippen LogP contribution in [0.1, 0.15) is 89.4 Å². The molecule has 240 valence electrons. The first-order valence-corrected chi connectivity index (χ1v) is 15.8. The van der Waals surface area contributed by atoms with Gasteiger partial charge in [0.25, 0.3) is 5.91 Å². The molecule has 0 atom stereocenters. The maximum Gasteiger partial charge on any atom is 0.416 e. The number of anilines is 1. The van der Waals surface area contributed by atoms with Gasteiger partial charge in [0.15, 0.2) is 0 Å². The van der Waals surface area contributed by atoms with Gasteiger partial charge in [-0.15, -0.1) is 10.2 Å². The molecule has 11 heteroatoms. The molecule has 2 aromatic heterocycles. The molecule has 3 heterocycles. The summed E-state index contributed by atoms with van der Waals surface area (Å²) >= 11 is 0. The van der Waals surface area contributed by atoms with Gasteiger partial charge in [0.05, 0.1) is 12.1 Å². The number of nitrogens with one attached hydrogen (secondary N) is 1. The average molecular weight is 631 g/mol. The summed E-state index contributed by atoms with van der Waals surface area (Å²) in [6, 6.07) is 16.2. The molecule has 1 amide bonds. The van der Waals surface area contributed by atoms with Crippen molar-refractivity contribution in [2.45, 2.75) is 88.7 Å². The van der Waals surface area contributed by atoms with Crippen LogP contribution in [0.2, 0.25) is 0 Å². The van der Waals surface area contributed by atoms with Crippen molar-refractivity contribution in [2.24, 2.45) is 7.05 Å². The minimum Gasteiger partial charge on any atom is -0.473 e. The Morgan fingerprint density at radius 3 is 2.39 bits per heavy atom. The van der Waals surface area contributed by atoms with Crippen LogP contribution in [0, 0.1) is 0 Å². The van der Waals surface area contributed by atoms with Gasteiger partial charge in [-0.2, -0.15) is 18.2 Å². The zero-order valence-corrected chi connectivity index (χ0v) is 26.0. The normalized spacial score (nSPS) is 18.2. The van der Waals surface area contributed by atoms with Crippen molar-refractivity contribution in [3.63, 3.8) is 0 Å². The van der Waals surface area contributed by atoms with Crippen LogP contribution < -0.4 is 15.0 Å². The first-order valence-electron chi connectivity index (χ1n) is 15.8. The van der Waals surface area contributed by atoms with Gasteiger partial charge < -0.3 is 14.6 Å². The molecular weight excluding hydrogens is 593 g/mol. The van der Waals surface area contributed by atoms with Crippen LogP contribution in [-0.2, 0) is 44.8 Å². The highest BCUT2D eigenvalue weighted by atomic mass is 19.4. The number of aromatic nitrogens is 4. The molecule has 46 heavy (non-hydrogen) atoms. The third-order valence-corrected chi connectivity index (χ3v) is 10.1. The quantitative estimate of drug-likeness (QED) is 0.211. The summed E-state index contributed by atoms with van der Waals surface area (Å²) in [6.45, 7) is 2.38. The van der Waals surface area contributed by atoms with Gasteiger partial charge in [-0.25, -0.2) is 0 Å². The maximum atomic E-state index is 14.4. The molecule has 1 N–H and O–H groups in total. The highest BCUT2D eigenvalue weighted by Crippen LogP contribution is 2.48. The van der Waals surface area contributed by atoms with E-state index in [2.05, 4.69) is 22.4 Å². The summed E-state index contributed by atoms with van der Waals surface area (Å²) in [5.41, 5.74) is 1.22. The number of rotatable bonds is 10. The van der Waals surface area contributed by atoms with E-state index in [1.165, 1.54) is 11.0 Å². The number of halogens is 3. The number of amides is 1. The van der Waals surface area contributed by atoms with E-state index in [4.69, 9.17) is 9.72 Å². The lowest BCUT2D eigenvalue weighted by molar-refractivity contribution is -0.138. The molecule has 8 nitrogen and oxygen atoms in total. The minimum atomic E-state index is -4.61. The number of ether oxygens (including phenoxy) is 1. The molecule has 0 unspecified atom stereocenters. The van der Waals surface area contributed by atoms with Crippen LogP contribution in [0.5, 0.6) is 5.88 Å². The molecular formula is C35H37F3N6O2. The molecule has 4 aromatic rings. The molecule has 0 radical (unpaired) electrons. The van der Waals surface area contributed by atoms with Gasteiger partial charge in [-0.1, -0.05) is 36.8 Å². The lowest BCUT2D eigenvalue weighted by atomic mass is 9.62. The molecule has 7 rings (SSSR count). The van der Waals surface area contributed by atoms with Gasteiger partial charge in [0.2, 0.25) is 5.88 Å². The van der Waals surface area contributed by atoms with Crippen LogP contribution in [0.3, 0.4) is 0 Å². The minimum absolute atomic E-state index is 0.0208. The molecule has 2 aliphatic carbocycles. The van der Waals surface area contributed by atoms with Crippen molar-refractivity contribution >= 4 is 11.7 Å². The average Bonchev–Trinajstić information content (AvgIpc) is 3.57. The standard InChI is InChI=1S/C35H37F3N6O2/c1-33(10-6-11-33)39-19-24-14-26-27(28(15-24)35(36,37)38)20-44(32(26)45)29-16-25(17-31(41-29)46-21-23-8-4-3-5-9-23)34(12-7-13-34)18-30-42-40-22-43(30)2/h3-5,8-9,14-17,22,39H,6-7,10-13,18-21H2,1-2H3. The lowest BCUT2D eigenvalue weighted by Gasteiger charge is -2.42. The Kier molecular flexibility index (Phi) is 7.62. The van der Waals surface area contributed by atoms with E-state index in [0.717, 1.165) is 55.5 Å². The Hall–Kier alpha value is -4.25. The monoisotopic (exact) mass is 630 g/mol. The number of hydrogen-bond acceptors (Lipinski definition) is 6. The van der Waals surface area contributed by atoms with E-state index >= 15 is 0 Å². The van der Waals surface area contributed by atoms with Crippen molar-refractivity contribution in [2.75, 3.05) is 4.90 Å². The predicted molar refractivity (Wildman–Crippen MR) is 166 cm³/mol. The largest absolute Gasteiger partial charge is 0.473 e. The molecule has 0 spiro atoms. The van der Waals surface area contributed by atoms with Crippen LogP contribution >= 0.6 is 0 Å². The number of hydrogen-bond donors (Lipinski definition) is 1. The maximum absolute atomic E-state index is 14.4. The molecule has 0 saturated heterocycles. The Morgan fingerprint density at radius 2 is 1.76 bits per heavy atom. The Balaban J connectivity index is 1.25. The first-order chi connectivity index (χ1) is 22.0. The van der Waals surface area contributed by atoms with E-state index in [9.17, 15) is 18.0 Å². The van der Waals surface area contributed by atoms with E-state index < -0.39 is 17.6 Å². The van der Waals surface area contributed by atoms with Crippen molar-refractivity contribution in [1.29, 1.82) is 0 Å². The van der Waals surface area contributed by atoms with E-state index in [0.29, 0.717) is 17.9 Å². The van der Waals surface area contributed by atoms with Gasteiger partial charge in [-0.3, -0.25) is 9.69 Å². The van der Waals surface area contributed by atoms with Crippen LogP contribution in [-0.4, -0.2) is 31.2 Å². The topological polar surface area (TPSA) is 85.2 Å². The number of alkyl halides is 3. The Morgan fingerprint density at radius 1 is 1.00 bits per heavy atom. The van der Waals surface area contributed by atoms with Gasteiger partial charge in [-0.05, 0) is 79.5 Å². The summed E-state index contributed by atoms with van der Waals surface area (Å²) in [7, 11) is 1.91.